The first-order chi connectivity index (χ1) is 28.3. The van der Waals surface area contributed by atoms with Gasteiger partial charge < -0.3 is 49.4 Å². The van der Waals surface area contributed by atoms with Gasteiger partial charge in [-0.2, -0.15) is 0 Å². The molecule has 8 atom stereocenters. The molecule has 1 spiro atoms. The van der Waals surface area contributed by atoms with Gasteiger partial charge in [0.15, 0.2) is 28.5 Å². The van der Waals surface area contributed by atoms with Crippen LogP contribution in [-0.2, 0) is 31.8 Å². The molecular formula is C43H47N5O10S. The van der Waals surface area contributed by atoms with E-state index in [0.29, 0.717) is 64.0 Å². The molecule has 15 nitrogen and oxygen atoms in total. The Kier molecular flexibility index (Phi) is 7.86. The quantitative estimate of drug-likeness (QED) is 0.147. The lowest BCUT2D eigenvalue weighted by molar-refractivity contribution is -0.196. The molecule has 4 bridgehead atoms. The number of ether oxygens (including phenoxy) is 6. The smallest absolute Gasteiger partial charge is 0.333 e. The van der Waals surface area contributed by atoms with Gasteiger partial charge in [0, 0.05) is 83.0 Å². The van der Waals surface area contributed by atoms with Gasteiger partial charge in [-0.05, 0) is 68.1 Å². The summed E-state index contributed by atoms with van der Waals surface area (Å²) in [5.74, 6) is 1.59. The van der Waals surface area contributed by atoms with Crippen LogP contribution in [0.25, 0.3) is 10.9 Å². The van der Waals surface area contributed by atoms with Crippen LogP contribution in [0.3, 0.4) is 0 Å². The van der Waals surface area contributed by atoms with Crippen molar-refractivity contribution in [3.63, 3.8) is 0 Å². The number of methoxy groups -OCH3 is 2. The number of aromatic nitrogens is 1. The fourth-order valence-electron chi connectivity index (χ4n) is 12.0. The van der Waals surface area contributed by atoms with E-state index in [9.17, 15) is 15.0 Å². The summed E-state index contributed by atoms with van der Waals surface area (Å²) in [6.45, 7) is 7.56. The SMILES string of the molecule is COc1ccc2[nH]c3c(c2c1)C[C@@H](CN)N[C@]31CS[C@@H]2c3c(OC(C)=O)c(C)c4c(c3[C@H](COC1=O)N1[C@@H]2[C@H]2c3c(cc(C)c(OC)c3O)C3(C)CC1(O)CN23)OCO4. The Bertz CT molecular complexity index is 2550. The van der Waals surface area contributed by atoms with Crippen molar-refractivity contribution in [3.8, 4) is 34.5 Å². The van der Waals surface area contributed by atoms with Crippen LogP contribution in [-0.4, -0.2) is 101 Å². The Morgan fingerprint density at radius 3 is 2.63 bits per heavy atom. The molecule has 0 radical (unpaired) electrons. The van der Waals surface area contributed by atoms with Crippen LogP contribution in [0.15, 0.2) is 24.3 Å². The van der Waals surface area contributed by atoms with Gasteiger partial charge in [-0.15, -0.1) is 11.8 Å². The lowest BCUT2D eigenvalue weighted by Crippen LogP contribution is -2.68. The third-order valence-electron chi connectivity index (χ3n) is 14.2. The van der Waals surface area contributed by atoms with Crippen molar-refractivity contribution in [1.29, 1.82) is 0 Å². The van der Waals surface area contributed by atoms with Gasteiger partial charge in [0.25, 0.3) is 0 Å². The number of aromatic hydroxyl groups is 1. The topological polar surface area (TPSA) is 190 Å². The number of phenols is 1. The Morgan fingerprint density at radius 2 is 1.88 bits per heavy atom. The summed E-state index contributed by atoms with van der Waals surface area (Å²) < 4.78 is 36.6. The number of fused-ring (bicyclic) bond motifs is 11. The highest BCUT2D eigenvalue weighted by Gasteiger charge is 2.72. The summed E-state index contributed by atoms with van der Waals surface area (Å²) in [5, 5.41) is 29.4. The van der Waals surface area contributed by atoms with E-state index in [1.54, 1.807) is 14.2 Å². The highest BCUT2D eigenvalue weighted by Crippen LogP contribution is 2.71. The molecule has 9 heterocycles. The van der Waals surface area contributed by atoms with Crippen molar-refractivity contribution >= 4 is 34.6 Å². The molecule has 4 aromatic rings. The van der Waals surface area contributed by atoms with E-state index in [0.717, 1.165) is 33.2 Å². The molecule has 6 N–H and O–H groups in total. The van der Waals surface area contributed by atoms with Crippen molar-refractivity contribution in [2.24, 2.45) is 5.73 Å². The van der Waals surface area contributed by atoms with Gasteiger partial charge in [0.1, 0.15) is 23.8 Å². The standard InChI is InChI=1S/C43H47N5O10S/c1-18-9-25-28(33(50)34(18)54-6)31-32-38-30-29(37-36(56-17-57-37)19(2)35(30)58-20(3)49)27(48(32)42(52)14-41(25,4)47(31)15-42)13-55-40(51)43(16-59-38)39-24(10-21(12-44)46-43)23-11-22(53-5)7-8-26(23)45-39/h7-9,11,21,27,31-32,38,45-46,50,52H,10,12-17,44H2,1-6H3/t21-,27-,31+,32+,38+,41?,42?,43+/m0/s1. The molecule has 0 amide bonds. The summed E-state index contributed by atoms with van der Waals surface area (Å²) in [7, 11) is 3.18. The molecular weight excluding hydrogens is 779 g/mol. The van der Waals surface area contributed by atoms with E-state index in [1.807, 2.05) is 32.0 Å². The molecule has 8 aliphatic heterocycles. The van der Waals surface area contributed by atoms with Crippen LogP contribution in [0.5, 0.6) is 34.5 Å². The number of nitrogens with one attached hydrogen (secondary N) is 2. The molecule has 8 aliphatic rings. The van der Waals surface area contributed by atoms with Crippen molar-refractivity contribution in [1.82, 2.24) is 20.1 Å². The van der Waals surface area contributed by atoms with E-state index in [2.05, 4.69) is 33.1 Å². The normalized spacial score (nSPS) is 32.4. The third kappa shape index (κ3) is 4.67. The third-order valence-corrected chi connectivity index (χ3v) is 15.7. The Hall–Kier alpha value is -4.71. The number of aromatic amines is 1. The zero-order valence-electron chi connectivity index (χ0n) is 33.7. The minimum Gasteiger partial charge on any atom is -0.504 e. The van der Waals surface area contributed by atoms with Gasteiger partial charge in [-0.25, -0.2) is 4.79 Å². The second kappa shape index (κ2) is 12.4. The number of aryl methyl sites for hydroxylation is 1. The number of phenolic OH excluding ortho intramolecular Hbond substituents is 1. The number of aliphatic hydroxyl groups is 1. The second-order valence-electron chi connectivity index (χ2n) is 17.3. The number of H-pyrrole nitrogens is 1. The number of benzene rings is 3. The number of carbonyl (C=O) groups excluding carboxylic acids is 2. The lowest BCUT2D eigenvalue weighted by atomic mass is 9.75. The van der Waals surface area contributed by atoms with Crippen molar-refractivity contribution < 1.29 is 48.2 Å². The van der Waals surface area contributed by atoms with E-state index in [1.165, 1.54) is 18.7 Å². The van der Waals surface area contributed by atoms with Crippen molar-refractivity contribution in [2.45, 2.75) is 86.8 Å². The van der Waals surface area contributed by atoms with Gasteiger partial charge in [-0.1, -0.05) is 0 Å². The van der Waals surface area contributed by atoms with E-state index in [-0.39, 0.29) is 44.0 Å². The minimum atomic E-state index is -1.41. The van der Waals surface area contributed by atoms with E-state index >= 15 is 4.79 Å². The van der Waals surface area contributed by atoms with E-state index < -0.39 is 52.1 Å². The van der Waals surface area contributed by atoms with Gasteiger partial charge in [0.05, 0.1) is 37.2 Å². The fraction of sp³-hybridized carbons (Fsp3) is 0.488. The number of nitrogens with two attached hydrogens (primary N) is 1. The summed E-state index contributed by atoms with van der Waals surface area (Å²) >= 11 is 1.52. The van der Waals surface area contributed by atoms with Crippen LogP contribution in [0.1, 0.15) is 82.2 Å². The van der Waals surface area contributed by atoms with Gasteiger partial charge in [0.2, 0.25) is 6.79 Å². The number of thioether (sulfide) groups is 1. The molecule has 3 saturated heterocycles. The first kappa shape index (κ1) is 37.3. The van der Waals surface area contributed by atoms with Crippen molar-refractivity contribution in [2.75, 3.05) is 46.5 Å². The summed E-state index contributed by atoms with van der Waals surface area (Å²) in [4.78, 5) is 36.3. The average Bonchev–Trinajstić information content (AvgIpc) is 3.95. The molecule has 59 heavy (non-hydrogen) atoms. The van der Waals surface area contributed by atoms with Crippen LogP contribution in [0.2, 0.25) is 0 Å². The van der Waals surface area contributed by atoms with Crippen LogP contribution in [0.4, 0.5) is 0 Å². The number of carbonyl (C=O) groups is 2. The molecule has 3 aromatic carbocycles. The van der Waals surface area contributed by atoms with Crippen LogP contribution < -0.4 is 34.7 Å². The summed E-state index contributed by atoms with van der Waals surface area (Å²) in [5.41, 5.74) is 9.90. The first-order valence-electron chi connectivity index (χ1n) is 20.1. The maximum absolute atomic E-state index is 15.2. The summed E-state index contributed by atoms with van der Waals surface area (Å²) in [6, 6.07) is 5.82. The molecule has 3 fully saturated rings. The molecule has 2 unspecified atom stereocenters. The van der Waals surface area contributed by atoms with Crippen LogP contribution in [0, 0.1) is 13.8 Å². The number of esters is 2. The second-order valence-corrected chi connectivity index (χ2v) is 18.4. The zero-order chi connectivity index (χ0) is 41.1. The summed E-state index contributed by atoms with van der Waals surface area (Å²) in [6.07, 6.45) is 0.888. The molecule has 12 rings (SSSR count). The van der Waals surface area contributed by atoms with E-state index in [4.69, 9.17) is 34.2 Å². The molecule has 1 aromatic heterocycles. The highest BCUT2D eigenvalue weighted by atomic mass is 32.2. The molecule has 0 saturated carbocycles. The largest absolute Gasteiger partial charge is 0.504 e. The lowest BCUT2D eigenvalue weighted by Gasteiger charge is -2.59. The van der Waals surface area contributed by atoms with Crippen molar-refractivity contribution in [3.05, 3.63) is 68.9 Å². The Balaban J connectivity index is 1.18. The molecule has 16 heteroatoms. The average molecular weight is 826 g/mol. The molecule has 0 aliphatic carbocycles. The highest BCUT2D eigenvalue weighted by molar-refractivity contribution is 7.99. The predicted octanol–water partition coefficient (Wildman–Crippen LogP) is 3.96. The minimum absolute atomic E-state index is 0.0551. The monoisotopic (exact) mass is 825 g/mol. The molecule has 310 valence electrons. The Labute approximate surface area is 344 Å². The van der Waals surface area contributed by atoms with Gasteiger partial charge in [-0.3, -0.25) is 19.9 Å². The Morgan fingerprint density at radius 1 is 1.08 bits per heavy atom. The maximum Gasteiger partial charge on any atom is 0.333 e. The number of rotatable bonds is 4. The number of hydrogen-bond donors (Lipinski definition) is 5. The first-order valence-corrected chi connectivity index (χ1v) is 21.1. The van der Waals surface area contributed by atoms with Gasteiger partial charge >= 0.3 is 11.9 Å². The fourth-order valence-corrected chi connectivity index (χ4v) is 13.7. The maximum atomic E-state index is 15.2. The van der Waals surface area contributed by atoms with Crippen LogP contribution >= 0.6 is 11.8 Å². The predicted molar refractivity (Wildman–Crippen MR) is 215 cm³/mol. The number of nitrogens with zero attached hydrogens (tertiary/aromatic N) is 2. The zero-order valence-corrected chi connectivity index (χ0v) is 34.5. The number of piperazine rings is 1. The number of hydrogen-bond acceptors (Lipinski definition) is 15.